The molecule has 2 saturated heterocycles. The average Bonchev–Trinajstić information content (AvgIpc) is 3.68. The Bertz CT molecular complexity index is 1620. The van der Waals surface area contributed by atoms with Gasteiger partial charge in [-0.2, -0.15) is 0 Å². The van der Waals surface area contributed by atoms with Crippen molar-refractivity contribution >= 4 is 50.0 Å². The summed E-state index contributed by atoms with van der Waals surface area (Å²) in [5, 5.41) is 0. The minimum atomic E-state index is -2.24. The predicted octanol–water partition coefficient (Wildman–Crippen LogP) is 0.672. The van der Waals surface area contributed by atoms with Crippen LogP contribution in [0, 0.1) is 0 Å². The fourth-order valence-corrected chi connectivity index (χ4v) is 7.30. The molecule has 2 aromatic carbocycles. The van der Waals surface area contributed by atoms with E-state index >= 15 is 0 Å². The van der Waals surface area contributed by atoms with Crippen molar-refractivity contribution in [2.75, 3.05) is 0 Å². The Labute approximate surface area is 272 Å². The highest BCUT2D eigenvalue weighted by molar-refractivity contribution is 6.98. The summed E-state index contributed by atoms with van der Waals surface area (Å²) >= 11 is 0. The van der Waals surface area contributed by atoms with Gasteiger partial charge in [-0.3, -0.25) is 9.13 Å². The van der Waals surface area contributed by atoms with Gasteiger partial charge in [-0.25, -0.2) is 0 Å². The lowest BCUT2D eigenvalue weighted by molar-refractivity contribution is -0.595. The van der Waals surface area contributed by atoms with Crippen molar-refractivity contribution in [3.05, 3.63) is 85.5 Å². The number of aryl methyl sites for hydroxylation is 2. The lowest BCUT2D eigenvalue weighted by Crippen LogP contribution is -3.04. The molecular formula is C32H44B4N4O6. The lowest BCUT2D eigenvalue weighted by atomic mass is 9.34. The molecule has 2 fully saturated rings. The number of hydrogen-bond donors (Lipinski definition) is 0. The summed E-state index contributed by atoms with van der Waals surface area (Å²) in [5.41, 5.74) is 1.28. The van der Waals surface area contributed by atoms with Crippen LogP contribution >= 0.6 is 0 Å². The van der Waals surface area contributed by atoms with Gasteiger partial charge in [0.25, 0.3) is 0 Å². The van der Waals surface area contributed by atoms with E-state index in [2.05, 4.69) is 54.7 Å². The zero-order valence-corrected chi connectivity index (χ0v) is 28.6. The molecule has 0 unspecified atom stereocenters. The Morgan fingerprint density at radius 2 is 0.848 bits per heavy atom. The summed E-state index contributed by atoms with van der Waals surface area (Å²) in [6.07, 6.45) is 8.22. The van der Waals surface area contributed by atoms with Gasteiger partial charge in [0.05, 0.1) is 48.9 Å². The normalized spacial score (nSPS) is 27.1. The van der Waals surface area contributed by atoms with E-state index in [0.717, 1.165) is 22.4 Å². The van der Waals surface area contributed by atoms with E-state index in [-0.39, 0.29) is 0 Å². The molecule has 7 rings (SSSR count). The zero-order valence-electron chi connectivity index (χ0n) is 28.6. The number of fused-ring (bicyclic) bond motifs is 2. The second kappa shape index (κ2) is 10.2. The third kappa shape index (κ3) is 4.31. The van der Waals surface area contributed by atoms with Crippen LogP contribution in [0.3, 0.4) is 0 Å². The van der Waals surface area contributed by atoms with Crippen molar-refractivity contribution in [3.8, 4) is 0 Å². The summed E-state index contributed by atoms with van der Waals surface area (Å²) in [7, 11) is 2.17. The Morgan fingerprint density at radius 1 is 0.543 bits per heavy atom. The van der Waals surface area contributed by atoms with E-state index < -0.39 is 50.0 Å². The minimum absolute atomic E-state index is 0.591. The standard InChI is InChI=1S/C32H44B4N4O6/c1-29(2)30(3,4)42-33(41-29)45-35(25-17-13-11-14-18-25)27-37(9)22-24-40(27)36(26-19-15-12-16-20-26,28-38(10)21-23-39(28)35)46-34-43-31(5,6)32(7,8)44-34/h11-24H,1-10H3/t35-,36+. The Hall–Kier alpha value is -3.12. The van der Waals surface area contributed by atoms with Crippen LogP contribution in [0.4, 0.5) is 0 Å². The molecule has 2 atom stereocenters. The molecule has 10 nitrogen and oxygen atoms in total. The zero-order chi connectivity index (χ0) is 32.9. The van der Waals surface area contributed by atoms with Gasteiger partial charge >= 0.3 is 27.6 Å². The number of rotatable bonds is 6. The molecule has 0 spiro atoms. The third-order valence-corrected chi connectivity index (χ3v) is 11.2. The topological polar surface area (TPSA) is 73.0 Å². The van der Waals surface area contributed by atoms with Crippen LogP contribution in [-0.4, -0.2) is 59.1 Å². The fourth-order valence-electron chi connectivity index (χ4n) is 7.30. The van der Waals surface area contributed by atoms with Crippen molar-refractivity contribution in [3.63, 3.8) is 0 Å². The van der Waals surface area contributed by atoms with Crippen LogP contribution in [-0.2, 0) is 41.9 Å². The molecule has 0 bridgehead atoms. The lowest BCUT2D eigenvalue weighted by Gasteiger charge is -2.50. The van der Waals surface area contributed by atoms with Crippen molar-refractivity contribution in [1.82, 2.24) is 9.13 Å². The largest absolute Gasteiger partial charge is 0.597 e. The van der Waals surface area contributed by atoms with Gasteiger partial charge in [-0.05, 0) is 55.4 Å². The summed E-state index contributed by atoms with van der Waals surface area (Å²) in [6.45, 7) is 11.8. The van der Waals surface area contributed by atoms with Gasteiger partial charge in [-0.15, -0.1) is 10.9 Å². The first-order chi connectivity index (χ1) is 21.6. The quantitative estimate of drug-likeness (QED) is 0.294. The summed E-state index contributed by atoms with van der Waals surface area (Å²) < 4.78 is 49.3. The summed E-state index contributed by atoms with van der Waals surface area (Å²) in [5.74, 6) is 0. The smallest absolute Gasteiger partial charge is 0.559 e. The molecule has 4 aromatic rings. The maximum atomic E-state index is 7.29. The molecule has 3 aliphatic heterocycles. The molecule has 0 N–H and O–H groups in total. The molecule has 0 amide bonds. The van der Waals surface area contributed by atoms with Crippen molar-refractivity contribution in [2.45, 2.75) is 77.8 Å². The molecule has 3 aliphatic rings. The average molecular weight is 624 g/mol. The van der Waals surface area contributed by atoms with Gasteiger partial charge in [0.2, 0.25) is 0 Å². The molecular weight excluding hydrogens is 580 g/mol. The first-order valence-electron chi connectivity index (χ1n) is 16.2. The van der Waals surface area contributed by atoms with Crippen LogP contribution in [0.5, 0.6) is 0 Å². The van der Waals surface area contributed by atoms with Crippen LogP contribution in [0.15, 0.2) is 85.5 Å². The maximum Gasteiger partial charge on any atom is 0.597 e. The monoisotopic (exact) mass is 624 g/mol. The number of imidazole rings is 2. The van der Waals surface area contributed by atoms with Crippen LogP contribution in [0.2, 0.25) is 0 Å². The molecule has 2 aromatic heterocycles. The second-order valence-electron chi connectivity index (χ2n) is 15.0. The SMILES string of the molecule is Cn1cc[n+]2c1[B@-](OB1OC(C)(C)C(C)(C)O1)(c1ccccc1)[n+]1ccn(C)c1[B@@-]2(OB1OC(C)(C)C(C)(C)O1)c1ccccc1. The first-order valence-corrected chi connectivity index (χ1v) is 16.2. The molecule has 14 heteroatoms. The number of hydrogen-bond acceptors (Lipinski definition) is 6. The maximum absolute atomic E-state index is 7.29. The van der Waals surface area contributed by atoms with Gasteiger partial charge in [0.1, 0.15) is 23.8 Å². The van der Waals surface area contributed by atoms with Gasteiger partial charge in [0.15, 0.2) is 0 Å². The van der Waals surface area contributed by atoms with E-state index in [1.807, 2.05) is 118 Å². The number of aromatic nitrogens is 4. The van der Waals surface area contributed by atoms with Crippen LogP contribution in [0.25, 0.3) is 0 Å². The summed E-state index contributed by atoms with van der Waals surface area (Å²) in [6, 6.07) is 20.6. The Kier molecular flexibility index (Phi) is 6.97. The second-order valence-corrected chi connectivity index (χ2v) is 15.0. The molecule has 0 saturated carbocycles. The third-order valence-electron chi connectivity index (χ3n) is 11.2. The first kappa shape index (κ1) is 31.5. The Morgan fingerprint density at radius 3 is 1.15 bits per heavy atom. The van der Waals surface area contributed by atoms with Gasteiger partial charge in [-0.1, -0.05) is 60.7 Å². The molecule has 0 aliphatic carbocycles. The fraction of sp³-hybridized carbons (Fsp3) is 0.438. The van der Waals surface area contributed by atoms with E-state index in [0.29, 0.717) is 0 Å². The molecule has 0 radical (unpaired) electrons. The van der Waals surface area contributed by atoms with E-state index in [1.165, 1.54) is 0 Å². The number of benzene rings is 2. The highest BCUT2D eigenvalue weighted by atomic mass is 16.8. The molecule has 240 valence electrons. The molecule has 46 heavy (non-hydrogen) atoms. The molecule has 5 heterocycles. The van der Waals surface area contributed by atoms with Crippen molar-refractivity contribution < 1.29 is 36.7 Å². The minimum Gasteiger partial charge on any atom is -0.559 e. The van der Waals surface area contributed by atoms with E-state index in [9.17, 15) is 0 Å². The van der Waals surface area contributed by atoms with Crippen molar-refractivity contribution in [1.29, 1.82) is 0 Å². The predicted molar refractivity (Wildman–Crippen MR) is 179 cm³/mol. The number of nitrogens with zero attached hydrogens (tertiary/aromatic N) is 4. The summed E-state index contributed by atoms with van der Waals surface area (Å²) in [4.78, 5) is 0. The van der Waals surface area contributed by atoms with Gasteiger partial charge in [0, 0.05) is 0 Å². The van der Waals surface area contributed by atoms with Crippen LogP contribution < -0.4 is 31.3 Å². The Balaban J connectivity index is 1.52. The van der Waals surface area contributed by atoms with Gasteiger partial charge < -0.3 is 36.7 Å². The van der Waals surface area contributed by atoms with E-state index in [4.69, 9.17) is 27.8 Å². The highest BCUT2D eigenvalue weighted by Gasteiger charge is 2.65. The van der Waals surface area contributed by atoms with E-state index in [1.54, 1.807) is 0 Å². The van der Waals surface area contributed by atoms with Crippen molar-refractivity contribution in [2.24, 2.45) is 14.1 Å². The van der Waals surface area contributed by atoms with Crippen LogP contribution in [0.1, 0.15) is 55.4 Å². The highest BCUT2D eigenvalue weighted by Crippen LogP contribution is 2.39.